The van der Waals surface area contributed by atoms with Crippen LogP contribution in [-0.2, 0) is 7.05 Å². The van der Waals surface area contributed by atoms with Crippen LogP contribution in [0, 0.1) is 0 Å². The molecule has 4 aromatic rings. The van der Waals surface area contributed by atoms with Crippen LogP contribution < -0.4 is 15.5 Å². The maximum atomic E-state index is 11.5. The van der Waals surface area contributed by atoms with Crippen LogP contribution >= 0.6 is 0 Å². The number of carbonyl (C=O) groups excluding carboxylic acids is 1. The molecule has 3 aromatic heterocycles. The third-order valence-corrected chi connectivity index (χ3v) is 6.31. The number of amides is 2. The zero-order valence-corrected chi connectivity index (χ0v) is 17.6. The van der Waals surface area contributed by atoms with E-state index >= 15 is 0 Å². The van der Waals surface area contributed by atoms with E-state index in [1.165, 1.54) is 5.56 Å². The number of piperidine rings is 1. The van der Waals surface area contributed by atoms with Gasteiger partial charge in [-0.05, 0) is 48.6 Å². The zero-order valence-electron chi connectivity index (χ0n) is 17.6. The number of rotatable bonds is 3. The summed E-state index contributed by atoms with van der Waals surface area (Å²) >= 11 is 0. The lowest BCUT2D eigenvalue weighted by Gasteiger charge is -2.33. The molecule has 0 bridgehead atoms. The van der Waals surface area contributed by atoms with E-state index in [1.54, 1.807) is 12.5 Å². The fourth-order valence-corrected chi connectivity index (χ4v) is 4.65. The van der Waals surface area contributed by atoms with E-state index < -0.39 is 0 Å². The van der Waals surface area contributed by atoms with Gasteiger partial charge in [-0.2, -0.15) is 5.32 Å². The van der Waals surface area contributed by atoms with Crippen molar-refractivity contribution in [3.63, 3.8) is 0 Å². The van der Waals surface area contributed by atoms with Crippen molar-refractivity contribution in [3.8, 4) is 11.4 Å². The number of benzene rings is 1. The highest BCUT2D eigenvalue weighted by atomic mass is 16.2. The average Bonchev–Trinajstić information content (AvgIpc) is 3.38. The number of carbonyl (C=O) groups is 1. The molecule has 9 nitrogen and oxygen atoms in total. The summed E-state index contributed by atoms with van der Waals surface area (Å²) in [4.78, 5) is 32.0. The molecule has 159 valence electrons. The third-order valence-electron chi connectivity index (χ3n) is 6.31. The molecule has 2 aliphatic rings. The highest BCUT2D eigenvalue weighted by molar-refractivity contribution is 6.02. The van der Waals surface area contributed by atoms with Gasteiger partial charge in [0.2, 0.25) is 0 Å². The van der Waals surface area contributed by atoms with Crippen molar-refractivity contribution >= 4 is 34.4 Å². The zero-order chi connectivity index (χ0) is 21.7. The minimum Gasteiger partial charge on any atom is -0.355 e. The van der Waals surface area contributed by atoms with Crippen LogP contribution in [-0.4, -0.2) is 43.6 Å². The number of urea groups is 1. The molecule has 0 atom stereocenters. The topological polar surface area (TPSA) is 103 Å². The molecule has 1 fully saturated rings. The molecule has 1 N–H and O–H groups in total. The van der Waals surface area contributed by atoms with Crippen molar-refractivity contribution in [3.05, 3.63) is 54.6 Å². The molecule has 0 aliphatic carbocycles. The largest absolute Gasteiger partial charge is 0.355 e. The van der Waals surface area contributed by atoms with E-state index in [4.69, 9.17) is 4.98 Å². The Hall–Kier alpha value is -4.01. The van der Waals surface area contributed by atoms with E-state index in [9.17, 15) is 4.79 Å². The minimum atomic E-state index is -0.291. The molecule has 1 radical (unpaired) electrons. The van der Waals surface area contributed by atoms with Crippen LogP contribution in [0.1, 0.15) is 24.3 Å². The Morgan fingerprint density at radius 2 is 2.00 bits per heavy atom. The SMILES string of the molecule is Cn1c(-c2cccnc2)nc2c(N3CCC(c4ccc5c(c4)[N]C(=O)N5)CC3)ncnc21. The molecule has 0 saturated carbocycles. The number of hydrogen-bond donors (Lipinski definition) is 1. The van der Waals surface area contributed by atoms with Crippen molar-refractivity contribution in [2.75, 3.05) is 23.3 Å². The number of anilines is 2. The Labute approximate surface area is 184 Å². The summed E-state index contributed by atoms with van der Waals surface area (Å²) in [5.41, 5.74) is 5.34. The predicted molar refractivity (Wildman–Crippen MR) is 121 cm³/mol. The summed E-state index contributed by atoms with van der Waals surface area (Å²) in [5, 5.41) is 6.80. The van der Waals surface area contributed by atoms with Gasteiger partial charge in [-0.3, -0.25) is 4.98 Å². The van der Waals surface area contributed by atoms with Gasteiger partial charge in [0.05, 0.1) is 11.4 Å². The summed E-state index contributed by atoms with van der Waals surface area (Å²) < 4.78 is 1.99. The Balaban J connectivity index is 1.26. The number of imidazole rings is 1. The van der Waals surface area contributed by atoms with E-state index in [2.05, 4.69) is 36.6 Å². The molecular formula is C23H21N8O. The Morgan fingerprint density at radius 3 is 2.81 bits per heavy atom. The minimum absolute atomic E-state index is 0.291. The fraction of sp³-hybridized carbons (Fsp3) is 0.261. The second-order valence-electron chi connectivity index (χ2n) is 8.19. The standard InChI is InChI=1S/C23H21N8O/c1-30-20(16-3-2-8-24-12-16)29-19-21(30)25-13-26-22(19)31-9-6-14(7-10-31)15-4-5-17-18(11-15)28-23(32)27-17/h2-5,8,11-14H,6-7,9-10H2,1H3,(H,27,32). The third kappa shape index (κ3) is 3.05. The van der Waals surface area contributed by atoms with E-state index in [-0.39, 0.29) is 6.03 Å². The molecule has 0 spiro atoms. The average molecular weight is 425 g/mol. The van der Waals surface area contributed by atoms with Crippen LogP contribution in [0.5, 0.6) is 0 Å². The molecule has 2 aliphatic heterocycles. The predicted octanol–water partition coefficient (Wildman–Crippen LogP) is 3.59. The highest BCUT2D eigenvalue weighted by Gasteiger charge is 2.27. The Kier molecular flexibility index (Phi) is 4.27. The summed E-state index contributed by atoms with van der Waals surface area (Å²) in [6.45, 7) is 1.75. The molecule has 1 saturated heterocycles. The Morgan fingerprint density at radius 1 is 1.12 bits per heavy atom. The molecule has 5 heterocycles. The molecule has 6 rings (SSSR count). The first-order valence-corrected chi connectivity index (χ1v) is 10.7. The summed E-state index contributed by atoms with van der Waals surface area (Å²) in [7, 11) is 1.97. The Bertz CT molecular complexity index is 1320. The summed E-state index contributed by atoms with van der Waals surface area (Å²) in [6.07, 6.45) is 7.17. The maximum Gasteiger partial charge on any atom is 0.346 e. The number of nitrogens with zero attached hydrogens (tertiary/aromatic N) is 7. The maximum absolute atomic E-state index is 11.5. The van der Waals surface area contributed by atoms with Crippen molar-refractivity contribution in [1.29, 1.82) is 0 Å². The van der Waals surface area contributed by atoms with Gasteiger partial charge < -0.3 is 14.8 Å². The molecule has 2 amide bonds. The molecule has 0 unspecified atom stereocenters. The normalized spacial score (nSPS) is 16.2. The first kappa shape index (κ1) is 18.7. The van der Waals surface area contributed by atoms with Crippen LogP contribution in [0.4, 0.5) is 22.0 Å². The summed E-state index contributed by atoms with van der Waals surface area (Å²) in [5.74, 6) is 2.13. The lowest BCUT2D eigenvalue weighted by Crippen LogP contribution is -2.33. The van der Waals surface area contributed by atoms with Gasteiger partial charge in [-0.15, -0.1) is 0 Å². The van der Waals surface area contributed by atoms with Crippen molar-refractivity contribution in [2.45, 2.75) is 18.8 Å². The monoisotopic (exact) mass is 425 g/mol. The molecular weight excluding hydrogens is 404 g/mol. The van der Waals surface area contributed by atoms with Crippen LogP contribution in [0.2, 0.25) is 0 Å². The van der Waals surface area contributed by atoms with Gasteiger partial charge in [0.15, 0.2) is 17.0 Å². The molecule has 9 heteroatoms. The van der Waals surface area contributed by atoms with Gasteiger partial charge in [-0.25, -0.2) is 19.7 Å². The smallest absolute Gasteiger partial charge is 0.346 e. The number of fused-ring (bicyclic) bond motifs is 2. The number of aryl methyl sites for hydroxylation is 1. The van der Waals surface area contributed by atoms with Crippen LogP contribution in [0.15, 0.2) is 49.1 Å². The first-order valence-electron chi connectivity index (χ1n) is 10.7. The quantitative estimate of drug-likeness (QED) is 0.538. The lowest BCUT2D eigenvalue weighted by molar-refractivity contribution is 0.256. The van der Waals surface area contributed by atoms with Crippen molar-refractivity contribution in [2.24, 2.45) is 7.05 Å². The lowest BCUT2D eigenvalue weighted by atomic mass is 9.89. The van der Waals surface area contributed by atoms with Crippen molar-refractivity contribution < 1.29 is 4.79 Å². The van der Waals surface area contributed by atoms with E-state index in [0.717, 1.165) is 65.7 Å². The van der Waals surface area contributed by atoms with Gasteiger partial charge in [0, 0.05) is 38.1 Å². The molecule has 32 heavy (non-hydrogen) atoms. The highest BCUT2D eigenvalue weighted by Crippen LogP contribution is 2.36. The molecule has 1 aromatic carbocycles. The number of aromatic nitrogens is 5. The number of nitrogens with one attached hydrogen (secondary N) is 1. The summed E-state index contributed by atoms with van der Waals surface area (Å²) in [6, 6.07) is 9.70. The van der Waals surface area contributed by atoms with Gasteiger partial charge in [0.1, 0.15) is 12.2 Å². The first-order chi connectivity index (χ1) is 15.7. The van der Waals surface area contributed by atoms with Crippen LogP contribution in [0.25, 0.3) is 22.6 Å². The second kappa shape index (κ2) is 7.30. The fourth-order valence-electron chi connectivity index (χ4n) is 4.65. The van der Waals surface area contributed by atoms with Gasteiger partial charge >= 0.3 is 6.03 Å². The number of pyridine rings is 1. The van der Waals surface area contributed by atoms with E-state index in [0.29, 0.717) is 5.92 Å². The van der Waals surface area contributed by atoms with E-state index in [1.807, 2.05) is 42.1 Å². The van der Waals surface area contributed by atoms with Crippen LogP contribution in [0.3, 0.4) is 0 Å². The van der Waals surface area contributed by atoms with Gasteiger partial charge in [0.25, 0.3) is 0 Å². The number of hydrogen-bond acceptors (Lipinski definition) is 6. The van der Waals surface area contributed by atoms with Crippen molar-refractivity contribution in [1.82, 2.24) is 29.8 Å². The second-order valence-corrected chi connectivity index (χ2v) is 8.19. The van der Waals surface area contributed by atoms with Gasteiger partial charge in [-0.1, -0.05) is 6.07 Å².